The Morgan fingerprint density at radius 2 is 0.640 bits per heavy atom. The second kappa shape index (κ2) is 28.9. The van der Waals surface area contributed by atoms with Crippen molar-refractivity contribution in [3.8, 4) is 22.9 Å². The van der Waals surface area contributed by atoms with E-state index in [1.807, 2.05) is 36.7 Å². The lowest BCUT2D eigenvalue weighted by molar-refractivity contribution is 0.383. The Bertz CT molecular complexity index is 6460. The SMILES string of the molecule is Cc1cc(C)cc(-n2c3ccccc3c3cc(N4C=CN(C)[C@@H]4C)c(C)cc32)c1.Cc1cc2c(cc1N1C=CN(C)[C@@H]1C)c1ccccc1n2-c1ccccc1.Cc1cc2c(cc1N1C=CN(C)[C@@H]1C)c1ccccc1n2-c1ccccn1.Cc1cc2c(cc1N1c3nccnc3N(C)[C@@H]1C)c1cccnc1n2-c1ccccc1. The maximum atomic E-state index is 4.73. The van der Waals surface area contributed by atoms with E-state index in [1.54, 1.807) is 12.4 Å². The van der Waals surface area contributed by atoms with Gasteiger partial charge in [-0.3, -0.25) is 9.13 Å². The van der Waals surface area contributed by atoms with Gasteiger partial charge in [0.2, 0.25) is 0 Å². The molecule has 10 aromatic carbocycles. The molecule has 0 N–H and O–H groups in total. The molecule has 566 valence electrons. The van der Waals surface area contributed by atoms with Gasteiger partial charge in [0.05, 0.1) is 38.6 Å². The van der Waals surface area contributed by atoms with E-state index in [9.17, 15) is 0 Å². The van der Waals surface area contributed by atoms with Crippen LogP contribution in [0.2, 0.25) is 0 Å². The molecule has 0 saturated heterocycles. The highest BCUT2D eigenvalue weighted by Crippen LogP contribution is 2.46. The number of hydrogen-bond donors (Lipinski definition) is 0. The highest BCUT2D eigenvalue weighted by atomic mass is 15.5. The molecule has 4 atom stereocenters. The molecule has 114 heavy (non-hydrogen) atoms. The molecule has 0 aliphatic carbocycles. The van der Waals surface area contributed by atoms with Gasteiger partial charge in [0.15, 0.2) is 11.6 Å². The third kappa shape index (κ3) is 12.2. The standard InChI is InChI=1S/C26H27N3.C25H22N6.C24H23N3.C23H22N4/c1-17-12-18(2)14-21(13-17)29-24-9-7-6-8-22(24)23-16-25(19(3)15-26(23)29)28-11-10-27(5)20(28)4;1-16-14-22-20(15-21(16)30-17(2)29(3)24-25(30)28-13-12-27-24)19-10-7-11-26-23(19)31(22)18-8-5-4-6-9-18;1-17-15-24-21(16-23(17)26-14-13-25(3)18(26)2)20-11-7-8-12-22(20)27(24)19-9-5-4-6-10-19;1-16-14-22-19(15-21(16)26-13-12-25(3)17(26)2)18-8-4-5-9-20(18)27(22)23-10-6-7-11-24-23/h6-16,20H,1-5H3;4-15,17H,1-3H3;4-16,18H,1-3H3;4-15,17H,1-3H3/t20-;17-;18-;17-/m0000/s1. The number of para-hydroxylation sites is 5. The molecule has 0 saturated carbocycles. The number of aromatic nitrogens is 8. The highest BCUT2D eigenvalue weighted by molar-refractivity contribution is 6.14. The molecule has 0 bridgehead atoms. The monoisotopic (exact) mass is 1490 g/mol. The zero-order valence-corrected chi connectivity index (χ0v) is 67.2. The molecule has 16 nitrogen and oxygen atoms in total. The predicted octanol–water partition coefficient (Wildman–Crippen LogP) is 22.2. The zero-order chi connectivity index (χ0) is 78.5. The van der Waals surface area contributed by atoms with E-state index in [0.717, 1.165) is 45.4 Å². The van der Waals surface area contributed by atoms with Crippen molar-refractivity contribution < 1.29 is 0 Å². The molecule has 0 amide bonds. The molecule has 17 aromatic rings. The number of pyridine rings is 2. The maximum Gasteiger partial charge on any atom is 0.178 e. The van der Waals surface area contributed by atoms with Crippen LogP contribution in [0.4, 0.5) is 34.4 Å². The van der Waals surface area contributed by atoms with Gasteiger partial charge in [-0.1, -0.05) is 103 Å². The summed E-state index contributed by atoms with van der Waals surface area (Å²) >= 11 is 0. The van der Waals surface area contributed by atoms with Gasteiger partial charge >= 0.3 is 0 Å². The predicted molar refractivity (Wildman–Crippen MR) is 476 cm³/mol. The molecule has 0 fully saturated rings. The molecule has 0 unspecified atom stereocenters. The number of hydrogen-bond acceptors (Lipinski definition) is 12. The van der Waals surface area contributed by atoms with Gasteiger partial charge < -0.3 is 48.3 Å². The summed E-state index contributed by atoms with van der Waals surface area (Å²) in [5.74, 6) is 2.75. The number of nitrogens with zero attached hydrogens (tertiary/aromatic N) is 16. The smallest absolute Gasteiger partial charge is 0.178 e. The van der Waals surface area contributed by atoms with E-state index in [-0.39, 0.29) is 6.17 Å². The third-order valence-corrected chi connectivity index (χ3v) is 23.8. The Balaban J connectivity index is 0.000000106. The number of aryl methyl sites for hydroxylation is 6. The van der Waals surface area contributed by atoms with Gasteiger partial charge in [-0.25, -0.2) is 19.9 Å². The Kier molecular flexibility index (Phi) is 18.3. The van der Waals surface area contributed by atoms with Crippen molar-refractivity contribution in [2.75, 3.05) is 52.7 Å². The van der Waals surface area contributed by atoms with Crippen molar-refractivity contribution in [2.24, 2.45) is 0 Å². The fourth-order valence-electron chi connectivity index (χ4n) is 17.5. The molecule has 11 heterocycles. The van der Waals surface area contributed by atoms with Crippen LogP contribution in [0, 0.1) is 41.5 Å². The Morgan fingerprint density at radius 1 is 0.263 bits per heavy atom. The van der Waals surface area contributed by atoms with Gasteiger partial charge in [0.1, 0.15) is 36.1 Å². The largest absolute Gasteiger partial charge is 0.359 e. The topological polar surface area (TPSA) is 97.2 Å². The van der Waals surface area contributed by atoms with Gasteiger partial charge in [0, 0.05) is 173 Å². The second-order valence-electron chi connectivity index (χ2n) is 30.9. The Morgan fingerprint density at radius 3 is 1.11 bits per heavy atom. The van der Waals surface area contributed by atoms with Crippen LogP contribution in [-0.4, -0.2) is 106 Å². The van der Waals surface area contributed by atoms with Gasteiger partial charge in [-0.05, 0) is 230 Å². The van der Waals surface area contributed by atoms with E-state index in [1.165, 1.54) is 133 Å². The first-order valence-electron chi connectivity index (χ1n) is 39.4. The molecule has 0 radical (unpaired) electrons. The Hall–Kier alpha value is -13.6. The minimum Gasteiger partial charge on any atom is -0.359 e. The van der Waals surface area contributed by atoms with E-state index in [0.29, 0.717) is 18.5 Å². The minimum atomic E-state index is 0.120. The highest BCUT2D eigenvalue weighted by Gasteiger charge is 2.36. The summed E-state index contributed by atoms with van der Waals surface area (Å²) in [6, 6.07) is 82.6. The molecular formula is C98H94N16. The van der Waals surface area contributed by atoms with Crippen LogP contribution in [0.25, 0.3) is 110 Å². The third-order valence-electron chi connectivity index (χ3n) is 23.8. The minimum absolute atomic E-state index is 0.120. The lowest BCUT2D eigenvalue weighted by Crippen LogP contribution is -2.36. The molecule has 4 aliphatic heterocycles. The summed E-state index contributed by atoms with van der Waals surface area (Å²) in [5.41, 5.74) is 25.6. The first-order valence-corrected chi connectivity index (χ1v) is 39.4. The molecule has 0 spiro atoms. The van der Waals surface area contributed by atoms with Crippen LogP contribution in [0.3, 0.4) is 0 Å². The maximum absolute atomic E-state index is 4.73. The van der Waals surface area contributed by atoms with E-state index < -0.39 is 0 Å². The average Bonchev–Trinajstić information content (AvgIpc) is 1.59. The van der Waals surface area contributed by atoms with Crippen LogP contribution in [-0.2, 0) is 0 Å². The molecule has 21 rings (SSSR count). The first-order chi connectivity index (χ1) is 55.4. The van der Waals surface area contributed by atoms with E-state index in [4.69, 9.17) is 4.98 Å². The normalized spacial score (nSPS) is 16.4. The van der Waals surface area contributed by atoms with Crippen LogP contribution >= 0.6 is 0 Å². The van der Waals surface area contributed by atoms with Crippen molar-refractivity contribution in [3.63, 3.8) is 0 Å². The second-order valence-corrected chi connectivity index (χ2v) is 30.9. The Labute approximate surface area is 666 Å². The molecule has 16 heteroatoms. The van der Waals surface area contributed by atoms with Crippen LogP contribution < -0.4 is 24.5 Å². The van der Waals surface area contributed by atoms with Gasteiger partial charge in [0.25, 0.3) is 0 Å². The quantitative estimate of drug-likeness (QED) is 0.145. The van der Waals surface area contributed by atoms with E-state index >= 15 is 0 Å². The molecular weight excluding hydrogens is 1400 g/mol. The fraction of sp³-hybridized carbons (Fsp3) is 0.184. The molecule has 4 aliphatic rings. The summed E-state index contributed by atoms with van der Waals surface area (Å²) in [5, 5.41) is 10.0. The summed E-state index contributed by atoms with van der Waals surface area (Å²) < 4.78 is 9.29. The van der Waals surface area contributed by atoms with Gasteiger partial charge in [-0.2, -0.15) is 0 Å². The van der Waals surface area contributed by atoms with Crippen molar-refractivity contribution in [1.29, 1.82) is 0 Å². The van der Waals surface area contributed by atoms with Crippen molar-refractivity contribution in [2.45, 2.75) is 93.9 Å². The van der Waals surface area contributed by atoms with E-state index in [2.05, 4.69) is 413 Å². The summed E-state index contributed by atoms with van der Waals surface area (Å²) in [6.07, 6.45) is 21.2. The summed E-state index contributed by atoms with van der Waals surface area (Å²) in [4.78, 5) is 36.7. The van der Waals surface area contributed by atoms with Gasteiger partial charge in [-0.15, -0.1) is 0 Å². The number of rotatable bonds is 8. The average molecular weight is 1500 g/mol. The number of fused-ring (bicyclic) bond motifs is 13. The van der Waals surface area contributed by atoms with Crippen molar-refractivity contribution >= 4 is 122 Å². The van der Waals surface area contributed by atoms with Crippen LogP contribution in [0.1, 0.15) is 61.1 Å². The van der Waals surface area contributed by atoms with Crippen molar-refractivity contribution in [1.82, 2.24) is 52.9 Å². The number of benzene rings is 10. The molecule has 7 aromatic heterocycles. The van der Waals surface area contributed by atoms with Crippen LogP contribution in [0.15, 0.2) is 293 Å². The van der Waals surface area contributed by atoms with Crippen LogP contribution in [0.5, 0.6) is 0 Å². The lowest BCUT2D eigenvalue weighted by atomic mass is 10.1. The fourth-order valence-corrected chi connectivity index (χ4v) is 17.5. The number of anilines is 6. The lowest BCUT2D eigenvalue weighted by Gasteiger charge is -2.28. The summed E-state index contributed by atoms with van der Waals surface area (Å²) in [7, 11) is 8.43. The summed E-state index contributed by atoms with van der Waals surface area (Å²) in [6.45, 7) is 22.0. The van der Waals surface area contributed by atoms with Crippen molar-refractivity contribution in [3.05, 3.63) is 326 Å². The first kappa shape index (κ1) is 72.0. The zero-order valence-electron chi connectivity index (χ0n) is 67.2.